The molecule has 0 spiro atoms. The summed E-state index contributed by atoms with van der Waals surface area (Å²) in [5.41, 5.74) is -0.143. The molecule has 0 atom stereocenters. The van der Waals surface area contributed by atoms with Crippen LogP contribution in [0.2, 0.25) is 0 Å². The monoisotopic (exact) mass is 271 g/mol. The summed E-state index contributed by atoms with van der Waals surface area (Å²) >= 11 is 3.09. The van der Waals surface area contributed by atoms with Gasteiger partial charge in [-0.15, -0.1) is 0 Å². The molecule has 0 aliphatic carbocycles. The average Bonchev–Trinajstić information content (AvgIpc) is 2.25. The number of carboxylic acids is 1. The molecule has 80 valence electrons. The van der Waals surface area contributed by atoms with Gasteiger partial charge in [-0.2, -0.15) is 0 Å². The summed E-state index contributed by atoms with van der Waals surface area (Å²) in [4.78, 5) is 22.1. The Kier molecular flexibility index (Phi) is 4.30. The third-order valence-electron chi connectivity index (χ3n) is 1.68. The van der Waals surface area contributed by atoms with Crippen molar-refractivity contribution in [3.8, 4) is 0 Å². The van der Waals surface area contributed by atoms with E-state index in [1.807, 2.05) is 0 Å². The van der Waals surface area contributed by atoms with Crippen molar-refractivity contribution in [3.63, 3.8) is 0 Å². The van der Waals surface area contributed by atoms with Crippen LogP contribution in [0.4, 0.5) is 0 Å². The Morgan fingerprint density at radius 3 is 2.40 bits per heavy atom. The second kappa shape index (κ2) is 5.50. The largest absolute Gasteiger partial charge is 0.545 e. The van der Waals surface area contributed by atoms with E-state index in [-0.39, 0.29) is 17.7 Å². The first-order chi connectivity index (χ1) is 7.16. The molecule has 1 rings (SSSR count). The van der Waals surface area contributed by atoms with Crippen LogP contribution in [0.5, 0.6) is 0 Å². The number of aromatic carboxylic acids is 1. The van der Waals surface area contributed by atoms with Gasteiger partial charge in [-0.25, -0.2) is 4.79 Å². The highest BCUT2D eigenvalue weighted by molar-refractivity contribution is 9.09. The molecule has 0 heterocycles. The zero-order chi connectivity index (χ0) is 11.3. The van der Waals surface area contributed by atoms with Crippen molar-refractivity contribution >= 4 is 27.9 Å². The maximum Gasteiger partial charge on any atom is 0.338 e. The Bertz CT molecular complexity index is 375. The van der Waals surface area contributed by atoms with Crippen LogP contribution < -0.4 is 5.11 Å². The van der Waals surface area contributed by atoms with Crippen molar-refractivity contribution in [2.24, 2.45) is 0 Å². The Balaban J connectivity index is 2.92. The summed E-state index contributed by atoms with van der Waals surface area (Å²) in [6, 6.07) is 5.78. The Morgan fingerprint density at radius 1 is 1.27 bits per heavy atom. The summed E-state index contributed by atoms with van der Waals surface area (Å²) in [5.74, 6) is -2.05. The number of rotatable bonds is 4. The van der Waals surface area contributed by atoms with Crippen molar-refractivity contribution in [2.75, 3.05) is 11.9 Å². The summed E-state index contributed by atoms with van der Waals surface area (Å²) in [6.07, 6.45) is 0. The van der Waals surface area contributed by atoms with E-state index in [1.54, 1.807) is 6.07 Å². The quantitative estimate of drug-likeness (QED) is 0.594. The summed E-state index contributed by atoms with van der Waals surface area (Å²) < 4.78 is 4.79. The van der Waals surface area contributed by atoms with E-state index in [2.05, 4.69) is 15.9 Å². The number of carbonyl (C=O) groups excluding carboxylic acids is 2. The Morgan fingerprint density at radius 2 is 1.87 bits per heavy atom. The van der Waals surface area contributed by atoms with Crippen molar-refractivity contribution in [2.45, 2.75) is 0 Å². The third-order valence-corrected chi connectivity index (χ3v) is 2.00. The van der Waals surface area contributed by atoms with Crippen LogP contribution in [0.1, 0.15) is 20.7 Å². The smallest absolute Gasteiger partial charge is 0.338 e. The molecular formula is C10H8BrO4-. The summed E-state index contributed by atoms with van der Waals surface area (Å²) in [5, 5.41) is 11.2. The standard InChI is InChI=1S/C10H9BrO4/c11-5-6-15-10(14)8-4-2-1-3-7(8)9(12)13/h1-4H,5-6H2,(H,12,13)/p-1. The molecule has 0 aliphatic rings. The van der Waals surface area contributed by atoms with Gasteiger partial charge in [0.1, 0.15) is 6.61 Å². The van der Waals surface area contributed by atoms with Crippen molar-refractivity contribution in [3.05, 3.63) is 35.4 Å². The number of carboxylic acid groups (broad SMARTS) is 1. The van der Waals surface area contributed by atoms with Gasteiger partial charge in [-0.3, -0.25) is 0 Å². The van der Waals surface area contributed by atoms with E-state index < -0.39 is 11.9 Å². The first kappa shape index (κ1) is 11.7. The van der Waals surface area contributed by atoms with Gasteiger partial charge in [0.25, 0.3) is 0 Å². The highest BCUT2D eigenvalue weighted by atomic mass is 79.9. The van der Waals surface area contributed by atoms with E-state index in [0.29, 0.717) is 5.33 Å². The van der Waals surface area contributed by atoms with Gasteiger partial charge in [0.05, 0.1) is 11.5 Å². The van der Waals surface area contributed by atoms with Crippen molar-refractivity contribution < 1.29 is 19.4 Å². The van der Waals surface area contributed by atoms with Crippen LogP contribution in [0, 0.1) is 0 Å². The molecule has 15 heavy (non-hydrogen) atoms. The molecule has 1 aromatic rings. The lowest BCUT2D eigenvalue weighted by Gasteiger charge is -2.08. The number of esters is 1. The number of ether oxygens (including phenoxy) is 1. The highest BCUT2D eigenvalue weighted by Crippen LogP contribution is 2.09. The third kappa shape index (κ3) is 3.06. The van der Waals surface area contributed by atoms with E-state index in [4.69, 9.17) is 4.74 Å². The molecule has 1 aromatic carbocycles. The maximum absolute atomic E-state index is 11.4. The second-order valence-corrected chi connectivity index (χ2v) is 3.45. The van der Waals surface area contributed by atoms with Gasteiger partial charge in [0.2, 0.25) is 0 Å². The number of alkyl halides is 1. The minimum absolute atomic E-state index is 0.0125. The number of benzene rings is 1. The zero-order valence-corrected chi connectivity index (χ0v) is 9.32. The molecule has 0 unspecified atom stereocenters. The molecule has 0 bridgehead atoms. The molecule has 0 N–H and O–H groups in total. The lowest BCUT2D eigenvalue weighted by molar-refractivity contribution is -0.255. The normalized spacial score (nSPS) is 9.67. The molecule has 4 nitrogen and oxygen atoms in total. The highest BCUT2D eigenvalue weighted by Gasteiger charge is 2.12. The van der Waals surface area contributed by atoms with Crippen molar-refractivity contribution in [1.29, 1.82) is 0 Å². The molecule has 0 aliphatic heterocycles. The summed E-state index contributed by atoms with van der Waals surface area (Å²) in [6.45, 7) is 0.195. The van der Waals surface area contributed by atoms with Gasteiger partial charge < -0.3 is 14.6 Å². The predicted octanol–water partition coefficient (Wildman–Crippen LogP) is 0.602. The first-order valence-corrected chi connectivity index (χ1v) is 5.32. The van der Waals surface area contributed by atoms with Crippen LogP contribution in [0.15, 0.2) is 24.3 Å². The summed E-state index contributed by atoms with van der Waals surface area (Å²) in [7, 11) is 0. The van der Waals surface area contributed by atoms with E-state index in [9.17, 15) is 14.7 Å². The number of hydrogen-bond donors (Lipinski definition) is 0. The topological polar surface area (TPSA) is 66.4 Å². The van der Waals surface area contributed by atoms with E-state index >= 15 is 0 Å². The van der Waals surface area contributed by atoms with E-state index in [0.717, 1.165) is 0 Å². The molecule has 0 fully saturated rings. The van der Waals surface area contributed by atoms with E-state index in [1.165, 1.54) is 18.2 Å². The predicted molar refractivity (Wildman–Crippen MR) is 54.8 cm³/mol. The van der Waals surface area contributed by atoms with Gasteiger partial charge in [-0.1, -0.05) is 34.1 Å². The maximum atomic E-state index is 11.4. The lowest BCUT2D eigenvalue weighted by Crippen LogP contribution is -2.25. The molecule has 0 saturated heterocycles. The average molecular weight is 272 g/mol. The molecule has 0 saturated carbocycles. The Labute approximate surface area is 95.0 Å². The van der Waals surface area contributed by atoms with Crippen LogP contribution in [0.25, 0.3) is 0 Å². The first-order valence-electron chi connectivity index (χ1n) is 4.20. The fourth-order valence-electron chi connectivity index (χ4n) is 1.05. The SMILES string of the molecule is O=C([O-])c1ccccc1C(=O)OCCBr. The van der Waals surface area contributed by atoms with Crippen LogP contribution in [-0.2, 0) is 4.74 Å². The molecule has 5 heteroatoms. The number of carbonyl (C=O) groups is 2. The second-order valence-electron chi connectivity index (χ2n) is 2.66. The molecule has 0 radical (unpaired) electrons. The van der Waals surface area contributed by atoms with Gasteiger partial charge >= 0.3 is 5.97 Å². The fourth-order valence-corrected chi connectivity index (χ4v) is 1.21. The van der Waals surface area contributed by atoms with Crippen LogP contribution in [0.3, 0.4) is 0 Å². The van der Waals surface area contributed by atoms with Crippen molar-refractivity contribution in [1.82, 2.24) is 0 Å². The zero-order valence-electron chi connectivity index (χ0n) is 7.73. The minimum atomic E-state index is -1.39. The van der Waals surface area contributed by atoms with Gasteiger partial charge in [0.15, 0.2) is 0 Å². The molecular weight excluding hydrogens is 264 g/mol. The Hall–Kier alpha value is -1.36. The minimum Gasteiger partial charge on any atom is -0.545 e. The fraction of sp³-hybridized carbons (Fsp3) is 0.200. The number of hydrogen-bond acceptors (Lipinski definition) is 4. The molecule has 0 amide bonds. The molecule has 0 aromatic heterocycles. The lowest BCUT2D eigenvalue weighted by atomic mass is 10.1. The van der Waals surface area contributed by atoms with Gasteiger partial charge in [0, 0.05) is 10.9 Å². The number of halogens is 1. The van der Waals surface area contributed by atoms with Crippen LogP contribution >= 0.6 is 15.9 Å². The van der Waals surface area contributed by atoms with Crippen LogP contribution in [-0.4, -0.2) is 23.9 Å². The van der Waals surface area contributed by atoms with Gasteiger partial charge in [-0.05, 0) is 6.07 Å².